The first kappa shape index (κ1) is 28.2. The van der Waals surface area contributed by atoms with E-state index in [9.17, 15) is 23.1 Å². The Morgan fingerprint density at radius 3 is 2.42 bits per heavy atom. The number of halogens is 1. The van der Waals surface area contributed by atoms with E-state index in [-0.39, 0.29) is 29.6 Å². The van der Waals surface area contributed by atoms with Gasteiger partial charge in [0.05, 0.1) is 11.5 Å². The fourth-order valence-corrected chi connectivity index (χ4v) is 6.10. The number of sulfonamides is 1. The first-order chi connectivity index (χ1) is 18.0. The summed E-state index contributed by atoms with van der Waals surface area (Å²) < 4.78 is 32.4. The highest BCUT2D eigenvalue weighted by molar-refractivity contribution is 7.89. The van der Waals surface area contributed by atoms with Crippen LogP contribution >= 0.6 is 11.6 Å². The van der Waals surface area contributed by atoms with E-state index >= 15 is 0 Å². The third kappa shape index (κ3) is 6.97. The zero-order valence-electron chi connectivity index (χ0n) is 21.7. The van der Waals surface area contributed by atoms with Crippen molar-refractivity contribution >= 4 is 33.5 Å². The molecule has 38 heavy (non-hydrogen) atoms. The largest absolute Gasteiger partial charge is 0.497 e. The SMILES string of the molecule is CC(C)COC1=C(CC2CC2)C(=O)C(Cc2cccc(CCN(C(=O)O)S(=O)(=O)c3ccc(Cl)cc3)c2)C1. The Bertz CT molecular complexity index is 1310. The summed E-state index contributed by atoms with van der Waals surface area (Å²) in [4.78, 5) is 25.0. The standard InChI is InChI=1S/C29H34ClNO6S/c1-19(2)18-37-27-17-23(28(32)26(27)16-21-6-7-21)15-22-5-3-4-20(14-22)12-13-31(29(33)34)38(35,36)25-10-8-24(30)9-11-25/h3-5,8-11,14,19,21,23H,6-7,12-13,15-18H2,1-2H3,(H,33,34). The summed E-state index contributed by atoms with van der Waals surface area (Å²) in [5.74, 6) is 1.81. The van der Waals surface area contributed by atoms with Gasteiger partial charge in [0, 0.05) is 29.5 Å². The number of carbonyl (C=O) groups is 2. The molecule has 4 rings (SSSR count). The van der Waals surface area contributed by atoms with Crippen LogP contribution in [-0.2, 0) is 32.4 Å². The molecular formula is C29H34ClNO6S. The van der Waals surface area contributed by atoms with Crippen LogP contribution in [0.2, 0.25) is 5.02 Å². The summed E-state index contributed by atoms with van der Waals surface area (Å²) in [6.45, 7) is 4.55. The summed E-state index contributed by atoms with van der Waals surface area (Å²) >= 11 is 5.84. The molecule has 204 valence electrons. The van der Waals surface area contributed by atoms with Gasteiger partial charge in [-0.25, -0.2) is 17.5 Å². The highest BCUT2D eigenvalue weighted by Crippen LogP contribution is 2.41. The van der Waals surface area contributed by atoms with Crippen LogP contribution in [0.1, 0.15) is 50.7 Å². The molecule has 1 fully saturated rings. The highest BCUT2D eigenvalue weighted by Gasteiger charge is 2.37. The molecule has 0 saturated heterocycles. The van der Waals surface area contributed by atoms with Gasteiger partial charge in [0.25, 0.3) is 10.0 Å². The average molecular weight is 560 g/mol. The molecule has 2 aromatic carbocycles. The Labute approximate surface area is 229 Å². The topological polar surface area (TPSA) is 101 Å². The molecule has 9 heteroatoms. The molecule has 0 heterocycles. The van der Waals surface area contributed by atoms with E-state index < -0.39 is 16.1 Å². The molecule has 1 amide bonds. The number of hydrogen-bond acceptors (Lipinski definition) is 5. The number of carbonyl (C=O) groups excluding carboxylic acids is 1. The average Bonchev–Trinajstić information content (AvgIpc) is 3.63. The van der Waals surface area contributed by atoms with E-state index in [4.69, 9.17) is 16.3 Å². The number of hydrogen-bond donors (Lipinski definition) is 1. The van der Waals surface area contributed by atoms with Gasteiger partial charge >= 0.3 is 6.09 Å². The minimum atomic E-state index is -4.24. The van der Waals surface area contributed by atoms with E-state index in [1.807, 2.05) is 24.3 Å². The van der Waals surface area contributed by atoms with Gasteiger partial charge in [-0.05, 0) is 79.3 Å². The van der Waals surface area contributed by atoms with Gasteiger partial charge in [0.15, 0.2) is 5.78 Å². The van der Waals surface area contributed by atoms with Gasteiger partial charge < -0.3 is 9.84 Å². The second kappa shape index (κ2) is 11.9. The van der Waals surface area contributed by atoms with E-state index in [0.717, 1.165) is 28.9 Å². The molecule has 2 aliphatic rings. The third-order valence-corrected chi connectivity index (χ3v) is 8.95. The summed E-state index contributed by atoms with van der Waals surface area (Å²) in [7, 11) is -4.24. The molecule has 0 aliphatic heterocycles. The fourth-order valence-electron chi connectivity index (χ4n) is 4.71. The number of ether oxygens (including phenoxy) is 1. The number of amides is 1. The third-order valence-electron chi connectivity index (χ3n) is 6.91. The maximum Gasteiger partial charge on any atom is 0.421 e. The Morgan fingerprint density at radius 1 is 1.11 bits per heavy atom. The van der Waals surface area contributed by atoms with Crippen molar-refractivity contribution in [1.82, 2.24) is 4.31 Å². The second-order valence-electron chi connectivity index (χ2n) is 10.6. The van der Waals surface area contributed by atoms with Crippen LogP contribution in [0, 0.1) is 17.8 Å². The van der Waals surface area contributed by atoms with Crippen LogP contribution in [0.25, 0.3) is 0 Å². The summed E-state index contributed by atoms with van der Waals surface area (Å²) in [6.07, 6.45) is 2.96. The van der Waals surface area contributed by atoms with Crippen LogP contribution in [0.3, 0.4) is 0 Å². The minimum Gasteiger partial charge on any atom is -0.497 e. The van der Waals surface area contributed by atoms with Crippen LogP contribution in [0.4, 0.5) is 4.79 Å². The lowest BCUT2D eigenvalue weighted by atomic mass is 9.93. The van der Waals surface area contributed by atoms with Crippen molar-refractivity contribution in [3.05, 3.63) is 76.0 Å². The summed E-state index contributed by atoms with van der Waals surface area (Å²) in [6, 6.07) is 13.0. The summed E-state index contributed by atoms with van der Waals surface area (Å²) in [5.41, 5.74) is 2.62. The zero-order valence-corrected chi connectivity index (χ0v) is 23.3. The van der Waals surface area contributed by atoms with Crippen LogP contribution < -0.4 is 0 Å². The fraction of sp³-hybridized carbons (Fsp3) is 0.448. The van der Waals surface area contributed by atoms with Gasteiger partial charge in [-0.2, -0.15) is 0 Å². The minimum absolute atomic E-state index is 0.136. The first-order valence-electron chi connectivity index (χ1n) is 13.0. The van der Waals surface area contributed by atoms with Gasteiger partial charge in [-0.15, -0.1) is 0 Å². The number of allylic oxidation sites excluding steroid dienone is 2. The monoisotopic (exact) mass is 559 g/mol. The van der Waals surface area contributed by atoms with Crippen molar-refractivity contribution in [2.75, 3.05) is 13.2 Å². The number of Topliss-reactive ketones (excluding diaryl/α,β-unsaturated/α-hetero) is 1. The molecule has 0 spiro atoms. The van der Waals surface area contributed by atoms with Crippen molar-refractivity contribution in [3.8, 4) is 0 Å². The van der Waals surface area contributed by atoms with Crippen molar-refractivity contribution in [2.45, 2.75) is 57.3 Å². The van der Waals surface area contributed by atoms with Crippen LogP contribution in [-0.4, -0.2) is 42.9 Å². The molecule has 2 aliphatic carbocycles. The number of ketones is 1. The molecule has 1 saturated carbocycles. The van der Waals surface area contributed by atoms with Crippen molar-refractivity contribution < 1.29 is 27.9 Å². The molecule has 0 radical (unpaired) electrons. The Kier molecular flexibility index (Phi) is 8.83. The predicted octanol–water partition coefficient (Wildman–Crippen LogP) is 6.11. The van der Waals surface area contributed by atoms with Crippen molar-refractivity contribution in [1.29, 1.82) is 0 Å². The number of rotatable bonds is 12. The molecule has 2 aromatic rings. The quantitative estimate of drug-likeness (QED) is 0.337. The van der Waals surface area contributed by atoms with Crippen LogP contribution in [0.5, 0.6) is 0 Å². The lowest BCUT2D eigenvalue weighted by Gasteiger charge is -2.19. The summed E-state index contributed by atoms with van der Waals surface area (Å²) in [5, 5.41) is 10.00. The number of carboxylic acid groups (broad SMARTS) is 1. The molecule has 1 N–H and O–H groups in total. The smallest absolute Gasteiger partial charge is 0.421 e. The number of nitrogens with zero attached hydrogens (tertiary/aromatic N) is 1. The Balaban J connectivity index is 1.43. The van der Waals surface area contributed by atoms with Crippen molar-refractivity contribution in [3.63, 3.8) is 0 Å². The molecular weight excluding hydrogens is 526 g/mol. The van der Waals surface area contributed by atoms with Gasteiger partial charge in [0.2, 0.25) is 0 Å². The van der Waals surface area contributed by atoms with E-state index in [0.29, 0.717) is 40.6 Å². The normalized spacial score (nSPS) is 17.8. The van der Waals surface area contributed by atoms with Gasteiger partial charge in [0.1, 0.15) is 5.76 Å². The van der Waals surface area contributed by atoms with Gasteiger partial charge in [-0.1, -0.05) is 49.7 Å². The van der Waals surface area contributed by atoms with Gasteiger partial charge in [-0.3, -0.25) is 4.79 Å². The Morgan fingerprint density at radius 2 is 1.79 bits per heavy atom. The molecule has 0 aromatic heterocycles. The van der Waals surface area contributed by atoms with E-state index in [2.05, 4.69) is 13.8 Å². The molecule has 0 bridgehead atoms. The first-order valence-corrected chi connectivity index (χ1v) is 14.8. The predicted molar refractivity (Wildman–Crippen MR) is 145 cm³/mol. The molecule has 1 unspecified atom stereocenters. The second-order valence-corrected chi connectivity index (χ2v) is 12.9. The molecule has 1 atom stereocenters. The molecule has 7 nitrogen and oxygen atoms in total. The maximum atomic E-state index is 13.3. The van der Waals surface area contributed by atoms with Crippen molar-refractivity contribution in [2.24, 2.45) is 17.8 Å². The number of benzene rings is 2. The van der Waals surface area contributed by atoms with E-state index in [1.54, 1.807) is 0 Å². The zero-order chi connectivity index (χ0) is 27.4. The maximum absolute atomic E-state index is 13.3. The lowest BCUT2D eigenvalue weighted by molar-refractivity contribution is -0.118. The van der Waals surface area contributed by atoms with Crippen LogP contribution in [0.15, 0.2) is 64.8 Å². The lowest BCUT2D eigenvalue weighted by Crippen LogP contribution is -2.37. The van der Waals surface area contributed by atoms with E-state index in [1.165, 1.54) is 37.1 Å². The highest BCUT2D eigenvalue weighted by atomic mass is 35.5. The Hall–Kier alpha value is -2.84.